The van der Waals surface area contributed by atoms with Crippen molar-refractivity contribution in [2.75, 3.05) is 10.0 Å². The largest absolute Gasteiger partial charge is 0.434 e. The summed E-state index contributed by atoms with van der Waals surface area (Å²) in [6.07, 6.45) is -1.47. The molecule has 4 rings (SSSR count). The molecule has 0 unspecified atom stereocenters. The summed E-state index contributed by atoms with van der Waals surface area (Å²) >= 11 is 1.10. The van der Waals surface area contributed by atoms with E-state index in [9.17, 15) is 26.4 Å². The molecule has 1 aliphatic rings. The third kappa shape index (κ3) is 5.20. The molecule has 13 heteroatoms. The number of sulfonamides is 1. The van der Waals surface area contributed by atoms with Crippen molar-refractivity contribution in [1.29, 1.82) is 0 Å². The molecule has 1 aromatic carbocycles. The first-order valence-electron chi connectivity index (χ1n) is 10.1. The number of nitrogens with zero attached hydrogens (tertiary/aromatic N) is 3. The average Bonchev–Trinajstić information content (AvgIpc) is 3.54. The van der Waals surface area contributed by atoms with Crippen molar-refractivity contribution in [2.24, 2.45) is 0 Å². The van der Waals surface area contributed by atoms with E-state index in [1.54, 1.807) is 31.4 Å². The molecule has 1 saturated carbocycles. The highest BCUT2D eigenvalue weighted by Gasteiger charge is 2.37. The van der Waals surface area contributed by atoms with E-state index in [4.69, 9.17) is 0 Å². The number of rotatable bonds is 7. The topological polar surface area (TPSA) is 114 Å². The lowest BCUT2D eigenvalue weighted by atomic mass is 9.89. The van der Waals surface area contributed by atoms with Gasteiger partial charge in [-0.3, -0.25) is 14.5 Å². The second-order valence-corrected chi connectivity index (χ2v) is 11.1. The molecule has 180 valence electrons. The third-order valence-electron chi connectivity index (χ3n) is 5.27. The zero-order valence-corrected chi connectivity index (χ0v) is 19.7. The van der Waals surface area contributed by atoms with E-state index in [0.717, 1.165) is 11.3 Å². The van der Waals surface area contributed by atoms with Crippen LogP contribution in [0, 0.1) is 0 Å². The number of hydrogen-bond acceptors (Lipinski definition) is 7. The van der Waals surface area contributed by atoms with Gasteiger partial charge in [0.25, 0.3) is 0 Å². The van der Waals surface area contributed by atoms with Crippen molar-refractivity contribution in [3.05, 3.63) is 53.4 Å². The summed E-state index contributed by atoms with van der Waals surface area (Å²) in [4.78, 5) is 24.4. The van der Waals surface area contributed by atoms with Gasteiger partial charge in [0.2, 0.25) is 15.9 Å². The van der Waals surface area contributed by atoms with Gasteiger partial charge in [0.15, 0.2) is 10.8 Å². The smallest absolute Gasteiger partial charge is 0.325 e. The molecule has 2 N–H and O–H groups in total. The van der Waals surface area contributed by atoms with Crippen LogP contribution in [0.4, 0.5) is 24.0 Å². The number of aromatic nitrogens is 3. The van der Waals surface area contributed by atoms with Gasteiger partial charge >= 0.3 is 6.18 Å². The standard InChI is InChI=1S/C21H20F3N5O3S2/c1-20(2,17-11-33-19(28-17)29-34(31,32)14-7-8-14)18(30)26-13-5-3-12(4-6-13)15-9-25-10-16(27-15)21(22,23)24/h3-6,9-11,14H,7-8H2,1-2H3,(H,26,30)(H,28,29). The lowest BCUT2D eigenvalue weighted by molar-refractivity contribution is -0.141. The Kier molecular flexibility index (Phi) is 6.10. The van der Waals surface area contributed by atoms with Crippen LogP contribution in [0.25, 0.3) is 11.3 Å². The quantitative estimate of drug-likeness (QED) is 0.485. The van der Waals surface area contributed by atoms with Crippen molar-refractivity contribution in [3.63, 3.8) is 0 Å². The summed E-state index contributed by atoms with van der Waals surface area (Å²) in [7, 11) is -3.45. The number of halogens is 3. The third-order valence-corrected chi connectivity index (χ3v) is 7.98. The Morgan fingerprint density at radius 2 is 1.74 bits per heavy atom. The summed E-state index contributed by atoms with van der Waals surface area (Å²) in [6, 6.07) is 6.14. The Balaban J connectivity index is 1.45. The molecule has 0 radical (unpaired) electrons. The van der Waals surface area contributed by atoms with E-state index in [1.807, 2.05) is 0 Å². The molecule has 0 saturated heterocycles. The maximum atomic E-state index is 12.9. The highest BCUT2D eigenvalue weighted by atomic mass is 32.2. The Hall–Kier alpha value is -3.06. The van der Waals surface area contributed by atoms with Crippen LogP contribution in [-0.2, 0) is 26.4 Å². The number of nitrogens with one attached hydrogen (secondary N) is 2. The number of thiazole rings is 1. The first-order chi connectivity index (χ1) is 15.9. The first kappa shape index (κ1) is 24.1. The van der Waals surface area contributed by atoms with Crippen molar-refractivity contribution >= 4 is 38.1 Å². The van der Waals surface area contributed by atoms with E-state index in [1.165, 1.54) is 18.3 Å². The minimum atomic E-state index is -4.60. The summed E-state index contributed by atoms with van der Waals surface area (Å²) in [5.74, 6) is -0.388. The molecular weight excluding hydrogens is 491 g/mol. The highest BCUT2D eigenvalue weighted by molar-refractivity contribution is 7.93. The van der Waals surface area contributed by atoms with Crippen LogP contribution in [0.15, 0.2) is 42.0 Å². The molecule has 2 aromatic heterocycles. The maximum absolute atomic E-state index is 12.9. The van der Waals surface area contributed by atoms with E-state index < -0.39 is 27.3 Å². The number of carbonyl (C=O) groups excluding carboxylic acids is 1. The van der Waals surface area contributed by atoms with Gasteiger partial charge in [-0.25, -0.2) is 18.4 Å². The monoisotopic (exact) mass is 511 g/mol. The Morgan fingerprint density at radius 1 is 1.06 bits per heavy atom. The van der Waals surface area contributed by atoms with Gasteiger partial charge in [-0.1, -0.05) is 12.1 Å². The zero-order chi connectivity index (χ0) is 24.7. The molecule has 0 bridgehead atoms. The summed E-state index contributed by atoms with van der Waals surface area (Å²) in [5, 5.41) is 4.19. The van der Waals surface area contributed by atoms with Crippen LogP contribution < -0.4 is 10.0 Å². The molecule has 0 aliphatic heterocycles. The van der Waals surface area contributed by atoms with Crippen molar-refractivity contribution in [1.82, 2.24) is 15.0 Å². The van der Waals surface area contributed by atoms with Crippen molar-refractivity contribution in [3.8, 4) is 11.3 Å². The van der Waals surface area contributed by atoms with Crippen LogP contribution in [0.2, 0.25) is 0 Å². The maximum Gasteiger partial charge on any atom is 0.434 e. The van der Waals surface area contributed by atoms with Gasteiger partial charge in [-0.05, 0) is 38.8 Å². The molecule has 0 atom stereocenters. The van der Waals surface area contributed by atoms with Gasteiger partial charge in [0.05, 0.1) is 34.4 Å². The van der Waals surface area contributed by atoms with Crippen LogP contribution in [0.5, 0.6) is 0 Å². The number of carbonyl (C=O) groups is 1. The van der Waals surface area contributed by atoms with Gasteiger partial charge in [-0.2, -0.15) is 13.2 Å². The zero-order valence-electron chi connectivity index (χ0n) is 18.0. The minimum Gasteiger partial charge on any atom is -0.325 e. The normalized spacial score (nSPS) is 14.6. The van der Waals surface area contributed by atoms with Gasteiger partial charge in [0.1, 0.15) is 0 Å². The molecule has 0 spiro atoms. The van der Waals surface area contributed by atoms with E-state index in [2.05, 4.69) is 25.0 Å². The van der Waals surface area contributed by atoms with Gasteiger partial charge in [0, 0.05) is 16.6 Å². The van der Waals surface area contributed by atoms with Crippen molar-refractivity contribution in [2.45, 2.75) is 43.5 Å². The number of amides is 1. The van der Waals surface area contributed by atoms with E-state index >= 15 is 0 Å². The number of hydrogen-bond donors (Lipinski definition) is 2. The molecule has 1 amide bonds. The predicted octanol–water partition coefficient (Wildman–Crippen LogP) is 4.44. The van der Waals surface area contributed by atoms with Gasteiger partial charge in [-0.15, -0.1) is 11.3 Å². The molecule has 8 nitrogen and oxygen atoms in total. The summed E-state index contributed by atoms with van der Waals surface area (Å²) in [6.45, 7) is 3.31. The molecular formula is C21H20F3N5O3S2. The number of alkyl halides is 3. The van der Waals surface area contributed by atoms with Crippen LogP contribution in [0.3, 0.4) is 0 Å². The minimum absolute atomic E-state index is 0.0525. The number of benzene rings is 1. The molecule has 3 aromatic rings. The SMILES string of the molecule is CC(C)(C(=O)Nc1ccc(-c2cncc(C(F)(F)F)n2)cc1)c1csc(NS(=O)(=O)C2CC2)n1. The van der Waals surface area contributed by atoms with Crippen LogP contribution in [-0.4, -0.2) is 34.5 Å². The lowest BCUT2D eigenvalue weighted by Crippen LogP contribution is -2.35. The summed E-state index contributed by atoms with van der Waals surface area (Å²) in [5.41, 5.74) is -0.887. The molecule has 34 heavy (non-hydrogen) atoms. The predicted molar refractivity (Wildman–Crippen MR) is 122 cm³/mol. The average molecular weight is 512 g/mol. The highest BCUT2D eigenvalue weighted by Crippen LogP contribution is 2.33. The second-order valence-electron chi connectivity index (χ2n) is 8.33. The van der Waals surface area contributed by atoms with Crippen LogP contribution in [0.1, 0.15) is 38.1 Å². The Labute approximate surface area is 197 Å². The van der Waals surface area contributed by atoms with Crippen molar-refractivity contribution < 1.29 is 26.4 Å². The molecule has 1 fully saturated rings. The molecule has 2 heterocycles. The van der Waals surface area contributed by atoms with E-state index in [0.29, 0.717) is 36.0 Å². The van der Waals surface area contributed by atoms with E-state index in [-0.39, 0.29) is 22.0 Å². The Morgan fingerprint density at radius 3 is 2.35 bits per heavy atom. The van der Waals surface area contributed by atoms with Gasteiger partial charge < -0.3 is 5.32 Å². The second kappa shape index (κ2) is 8.62. The lowest BCUT2D eigenvalue weighted by Gasteiger charge is -2.21. The fourth-order valence-electron chi connectivity index (χ4n) is 2.96. The van der Waals surface area contributed by atoms with Crippen LogP contribution >= 0.6 is 11.3 Å². The fourth-order valence-corrected chi connectivity index (χ4v) is 5.44. The fraction of sp³-hybridized carbons (Fsp3) is 0.333. The summed E-state index contributed by atoms with van der Waals surface area (Å²) < 4.78 is 65.3. The molecule has 1 aliphatic carbocycles. The first-order valence-corrected chi connectivity index (χ1v) is 12.6. The Bertz CT molecular complexity index is 1320. The number of anilines is 2.